The van der Waals surface area contributed by atoms with E-state index < -0.39 is 0 Å². The molecule has 0 fully saturated rings. The van der Waals surface area contributed by atoms with E-state index in [2.05, 4.69) is 41.1 Å². The minimum atomic E-state index is 0.960. The van der Waals surface area contributed by atoms with Gasteiger partial charge in [-0.1, -0.05) is 0 Å². The van der Waals surface area contributed by atoms with E-state index in [0.29, 0.717) is 0 Å². The zero-order valence-corrected chi connectivity index (χ0v) is 9.83. The monoisotopic (exact) mass is 256 g/mol. The predicted molar refractivity (Wildman–Crippen MR) is 60.8 cm³/mol. The predicted octanol–water partition coefficient (Wildman–Crippen LogP) is 3.98. The standard InChI is InChI=1S/C10H9BrOS/c1-6-3-7-4-10(11)13-9(7)5-8(6)12-2/h3-5H,1-2H3. The van der Waals surface area contributed by atoms with E-state index in [1.807, 2.05) is 0 Å². The van der Waals surface area contributed by atoms with Crippen molar-refractivity contribution in [2.75, 3.05) is 7.11 Å². The van der Waals surface area contributed by atoms with Crippen LogP contribution >= 0.6 is 27.3 Å². The number of halogens is 1. The molecule has 1 aromatic carbocycles. The van der Waals surface area contributed by atoms with Crippen molar-refractivity contribution in [1.82, 2.24) is 0 Å². The van der Waals surface area contributed by atoms with Crippen LogP contribution in [0.5, 0.6) is 5.75 Å². The summed E-state index contributed by atoms with van der Waals surface area (Å²) in [5.74, 6) is 0.960. The lowest BCUT2D eigenvalue weighted by molar-refractivity contribution is 0.412. The number of thiophene rings is 1. The zero-order chi connectivity index (χ0) is 9.42. The average molecular weight is 257 g/mol. The summed E-state index contributed by atoms with van der Waals surface area (Å²) in [6.45, 7) is 2.06. The molecule has 0 N–H and O–H groups in total. The first-order valence-corrected chi connectivity index (χ1v) is 5.55. The zero-order valence-electron chi connectivity index (χ0n) is 7.43. The maximum Gasteiger partial charge on any atom is 0.123 e. The molecule has 1 nitrogen and oxygen atoms in total. The summed E-state index contributed by atoms with van der Waals surface area (Å²) in [4.78, 5) is 0. The van der Waals surface area contributed by atoms with Gasteiger partial charge in [0, 0.05) is 4.70 Å². The molecule has 0 saturated carbocycles. The second kappa shape index (κ2) is 3.31. The van der Waals surface area contributed by atoms with Crippen LogP contribution in [0.1, 0.15) is 5.56 Å². The molecule has 1 aromatic heterocycles. The van der Waals surface area contributed by atoms with Crippen molar-refractivity contribution in [3.63, 3.8) is 0 Å². The van der Waals surface area contributed by atoms with Gasteiger partial charge >= 0.3 is 0 Å². The van der Waals surface area contributed by atoms with Crippen LogP contribution in [0.3, 0.4) is 0 Å². The smallest absolute Gasteiger partial charge is 0.123 e. The number of hydrogen-bond acceptors (Lipinski definition) is 2. The molecule has 0 unspecified atom stereocenters. The molecule has 2 rings (SSSR count). The molecular formula is C10H9BrOS. The van der Waals surface area contributed by atoms with Crippen molar-refractivity contribution in [2.45, 2.75) is 6.92 Å². The number of rotatable bonds is 1. The maximum absolute atomic E-state index is 5.25. The number of aryl methyl sites for hydroxylation is 1. The van der Waals surface area contributed by atoms with Crippen LogP contribution in [0.25, 0.3) is 10.1 Å². The van der Waals surface area contributed by atoms with Gasteiger partial charge in [0.2, 0.25) is 0 Å². The molecular weight excluding hydrogens is 248 g/mol. The van der Waals surface area contributed by atoms with E-state index in [4.69, 9.17) is 4.74 Å². The quantitative estimate of drug-likeness (QED) is 0.750. The maximum atomic E-state index is 5.25. The Kier molecular flexibility index (Phi) is 2.30. The number of benzene rings is 1. The SMILES string of the molecule is COc1cc2sc(Br)cc2cc1C. The fourth-order valence-electron chi connectivity index (χ4n) is 1.37. The highest BCUT2D eigenvalue weighted by molar-refractivity contribution is 9.11. The van der Waals surface area contributed by atoms with Gasteiger partial charge in [-0.25, -0.2) is 0 Å². The Morgan fingerprint density at radius 2 is 2.08 bits per heavy atom. The summed E-state index contributed by atoms with van der Waals surface area (Å²) in [6.07, 6.45) is 0. The highest BCUT2D eigenvalue weighted by Crippen LogP contribution is 2.34. The van der Waals surface area contributed by atoms with Crippen molar-refractivity contribution in [3.8, 4) is 5.75 Å². The van der Waals surface area contributed by atoms with Gasteiger partial charge in [0.15, 0.2) is 0 Å². The Morgan fingerprint density at radius 3 is 2.77 bits per heavy atom. The Hall–Kier alpha value is -0.540. The van der Waals surface area contributed by atoms with Crippen molar-refractivity contribution in [2.24, 2.45) is 0 Å². The van der Waals surface area contributed by atoms with Crippen LogP contribution in [-0.2, 0) is 0 Å². The van der Waals surface area contributed by atoms with Gasteiger partial charge in [-0.2, -0.15) is 0 Å². The molecule has 3 heteroatoms. The number of methoxy groups -OCH3 is 1. The third kappa shape index (κ3) is 1.58. The number of hydrogen-bond donors (Lipinski definition) is 0. The van der Waals surface area contributed by atoms with Gasteiger partial charge in [-0.15, -0.1) is 11.3 Å². The molecule has 2 aromatic rings. The van der Waals surface area contributed by atoms with Gasteiger partial charge in [-0.05, 0) is 52.0 Å². The molecule has 0 bridgehead atoms. The molecule has 0 aliphatic carbocycles. The molecule has 1 heterocycles. The molecule has 0 amide bonds. The van der Waals surface area contributed by atoms with E-state index in [9.17, 15) is 0 Å². The van der Waals surface area contributed by atoms with Crippen molar-refractivity contribution >= 4 is 37.4 Å². The number of fused-ring (bicyclic) bond motifs is 1. The Morgan fingerprint density at radius 1 is 1.31 bits per heavy atom. The molecule has 0 atom stereocenters. The second-order valence-electron chi connectivity index (χ2n) is 2.91. The molecule has 13 heavy (non-hydrogen) atoms. The molecule has 0 saturated heterocycles. The van der Waals surface area contributed by atoms with Crippen LogP contribution in [-0.4, -0.2) is 7.11 Å². The Labute approximate surface area is 89.5 Å². The van der Waals surface area contributed by atoms with Gasteiger partial charge in [0.1, 0.15) is 5.75 Å². The fourth-order valence-corrected chi connectivity index (χ4v) is 2.94. The van der Waals surface area contributed by atoms with Crippen LogP contribution in [0.2, 0.25) is 0 Å². The highest BCUT2D eigenvalue weighted by Gasteiger charge is 2.04. The lowest BCUT2D eigenvalue weighted by Gasteiger charge is -2.03. The lowest BCUT2D eigenvalue weighted by atomic mass is 10.2. The van der Waals surface area contributed by atoms with E-state index in [0.717, 1.165) is 9.54 Å². The first-order valence-electron chi connectivity index (χ1n) is 3.94. The van der Waals surface area contributed by atoms with Gasteiger partial charge in [0.25, 0.3) is 0 Å². The van der Waals surface area contributed by atoms with Crippen LogP contribution in [0, 0.1) is 6.92 Å². The summed E-state index contributed by atoms with van der Waals surface area (Å²) in [7, 11) is 1.71. The summed E-state index contributed by atoms with van der Waals surface area (Å²) in [5.41, 5.74) is 1.18. The van der Waals surface area contributed by atoms with Gasteiger partial charge < -0.3 is 4.74 Å². The molecule has 0 aliphatic rings. The van der Waals surface area contributed by atoms with Crippen molar-refractivity contribution < 1.29 is 4.74 Å². The third-order valence-corrected chi connectivity index (χ3v) is 3.60. The normalized spacial score (nSPS) is 10.7. The Bertz CT molecular complexity index is 447. The van der Waals surface area contributed by atoms with E-state index in [1.165, 1.54) is 15.6 Å². The van der Waals surface area contributed by atoms with E-state index in [-0.39, 0.29) is 0 Å². The molecule has 0 radical (unpaired) electrons. The minimum Gasteiger partial charge on any atom is -0.496 e. The molecule has 0 spiro atoms. The van der Waals surface area contributed by atoms with E-state index >= 15 is 0 Å². The summed E-state index contributed by atoms with van der Waals surface area (Å²) in [6, 6.07) is 6.36. The summed E-state index contributed by atoms with van der Waals surface area (Å²) < 4.78 is 7.67. The van der Waals surface area contributed by atoms with Gasteiger partial charge in [-0.3, -0.25) is 0 Å². The van der Waals surface area contributed by atoms with Crippen molar-refractivity contribution in [1.29, 1.82) is 0 Å². The summed E-state index contributed by atoms with van der Waals surface area (Å²) >= 11 is 5.20. The first-order chi connectivity index (χ1) is 6.20. The van der Waals surface area contributed by atoms with Crippen LogP contribution < -0.4 is 4.74 Å². The Balaban J connectivity index is 2.72. The first kappa shape index (κ1) is 9.03. The molecule has 0 aliphatic heterocycles. The highest BCUT2D eigenvalue weighted by atomic mass is 79.9. The molecule has 68 valence electrons. The fraction of sp³-hybridized carbons (Fsp3) is 0.200. The average Bonchev–Trinajstić information content (AvgIpc) is 2.42. The second-order valence-corrected chi connectivity index (χ2v) is 5.37. The summed E-state index contributed by atoms with van der Waals surface area (Å²) in [5, 5.41) is 1.27. The minimum absolute atomic E-state index is 0.960. The number of ether oxygens (including phenoxy) is 1. The van der Waals surface area contributed by atoms with Crippen LogP contribution in [0.15, 0.2) is 22.0 Å². The lowest BCUT2D eigenvalue weighted by Crippen LogP contribution is -1.85. The van der Waals surface area contributed by atoms with Crippen LogP contribution in [0.4, 0.5) is 0 Å². The van der Waals surface area contributed by atoms with Gasteiger partial charge in [0.05, 0.1) is 10.9 Å². The van der Waals surface area contributed by atoms with Crippen molar-refractivity contribution in [3.05, 3.63) is 27.5 Å². The third-order valence-electron chi connectivity index (χ3n) is 2.00. The largest absolute Gasteiger partial charge is 0.496 e. The topological polar surface area (TPSA) is 9.23 Å². The van der Waals surface area contributed by atoms with E-state index in [1.54, 1.807) is 18.4 Å².